The van der Waals surface area contributed by atoms with Crippen LogP contribution in [-0.4, -0.2) is 21.4 Å². The summed E-state index contributed by atoms with van der Waals surface area (Å²) in [7, 11) is 0. The normalized spacial score (nSPS) is 12.8. The minimum atomic E-state index is -0.754. The molecule has 1 unspecified atom stereocenters. The van der Waals surface area contributed by atoms with E-state index in [1.54, 1.807) is 0 Å². The zero-order valence-electron chi connectivity index (χ0n) is 10.4. The van der Waals surface area contributed by atoms with Gasteiger partial charge in [-0.25, -0.2) is 0 Å². The monoisotopic (exact) mass is 246 g/mol. The van der Waals surface area contributed by atoms with Crippen LogP contribution >= 0.6 is 11.8 Å². The van der Waals surface area contributed by atoms with Crippen molar-refractivity contribution < 1.29 is 14.7 Å². The molecule has 0 radical (unpaired) electrons. The van der Waals surface area contributed by atoms with E-state index in [1.165, 1.54) is 11.8 Å². The van der Waals surface area contributed by atoms with Crippen LogP contribution < -0.4 is 0 Å². The van der Waals surface area contributed by atoms with Gasteiger partial charge in [-0.15, -0.1) is 0 Å². The molecule has 3 nitrogen and oxygen atoms in total. The molecule has 0 aliphatic heterocycles. The first-order chi connectivity index (χ1) is 7.47. The van der Waals surface area contributed by atoms with E-state index < -0.39 is 5.97 Å². The summed E-state index contributed by atoms with van der Waals surface area (Å²) in [6.07, 6.45) is 3.72. The van der Waals surface area contributed by atoms with Crippen molar-refractivity contribution >= 4 is 22.8 Å². The highest BCUT2D eigenvalue weighted by atomic mass is 32.2. The molecule has 0 aromatic heterocycles. The Hall–Kier alpha value is -0.510. The lowest BCUT2D eigenvalue weighted by Gasteiger charge is -2.15. The van der Waals surface area contributed by atoms with E-state index in [0.717, 1.165) is 19.3 Å². The van der Waals surface area contributed by atoms with Gasteiger partial charge < -0.3 is 5.11 Å². The number of thioether (sulfide) groups is 1. The van der Waals surface area contributed by atoms with E-state index in [-0.39, 0.29) is 17.5 Å². The number of hydrogen-bond donors (Lipinski definition) is 1. The van der Waals surface area contributed by atoms with E-state index in [9.17, 15) is 9.59 Å². The zero-order chi connectivity index (χ0) is 12.6. The quantitative estimate of drug-likeness (QED) is 0.713. The Bertz CT molecular complexity index is 226. The summed E-state index contributed by atoms with van der Waals surface area (Å²) < 4.78 is 0. The largest absolute Gasteiger partial charge is 0.481 e. The molecule has 1 atom stereocenters. The van der Waals surface area contributed by atoms with Gasteiger partial charge in [0.15, 0.2) is 5.12 Å². The molecular formula is C12H22O3S. The highest BCUT2D eigenvalue weighted by Crippen LogP contribution is 2.25. The van der Waals surface area contributed by atoms with Crippen molar-refractivity contribution in [3.8, 4) is 0 Å². The van der Waals surface area contributed by atoms with Crippen LogP contribution in [0.25, 0.3) is 0 Å². The summed E-state index contributed by atoms with van der Waals surface area (Å²) in [4.78, 5) is 22.0. The Balaban J connectivity index is 3.96. The van der Waals surface area contributed by atoms with Crippen LogP contribution in [0, 0.1) is 5.92 Å². The smallest absolute Gasteiger partial charge is 0.303 e. The molecule has 0 rings (SSSR count). The van der Waals surface area contributed by atoms with Gasteiger partial charge in [-0.1, -0.05) is 39.0 Å². The van der Waals surface area contributed by atoms with Gasteiger partial charge >= 0.3 is 5.97 Å². The Morgan fingerprint density at radius 2 is 1.88 bits per heavy atom. The van der Waals surface area contributed by atoms with E-state index in [2.05, 4.69) is 6.92 Å². The van der Waals surface area contributed by atoms with Gasteiger partial charge in [-0.05, 0) is 19.3 Å². The molecule has 0 aliphatic rings. The molecule has 0 heterocycles. The molecule has 0 aliphatic carbocycles. The lowest BCUT2D eigenvalue weighted by Crippen LogP contribution is -2.11. The molecule has 94 valence electrons. The summed E-state index contributed by atoms with van der Waals surface area (Å²) >= 11 is 1.40. The first-order valence-electron chi connectivity index (χ1n) is 5.89. The van der Waals surface area contributed by atoms with E-state index in [1.807, 2.05) is 13.8 Å². The topological polar surface area (TPSA) is 54.4 Å². The van der Waals surface area contributed by atoms with Gasteiger partial charge in [0.1, 0.15) is 0 Å². The Morgan fingerprint density at radius 3 is 2.31 bits per heavy atom. The van der Waals surface area contributed by atoms with Crippen molar-refractivity contribution in [1.29, 1.82) is 0 Å². The number of aliphatic carboxylic acids is 1. The third kappa shape index (κ3) is 7.74. The molecular weight excluding hydrogens is 224 g/mol. The second kappa shape index (κ2) is 8.62. The number of carboxylic acids is 1. The predicted molar refractivity (Wildman–Crippen MR) is 67.6 cm³/mol. The van der Waals surface area contributed by atoms with Crippen LogP contribution in [0.5, 0.6) is 0 Å². The molecule has 0 aromatic carbocycles. The highest BCUT2D eigenvalue weighted by Gasteiger charge is 2.16. The number of carbonyl (C=O) groups is 2. The van der Waals surface area contributed by atoms with Gasteiger partial charge in [-0.2, -0.15) is 0 Å². The highest BCUT2D eigenvalue weighted by molar-refractivity contribution is 8.14. The first kappa shape index (κ1) is 15.5. The average molecular weight is 246 g/mol. The van der Waals surface area contributed by atoms with Crippen molar-refractivity contribution in [2.75, 3.05) is 0 Å². The summed E-state index contributed by atoms with van der Waals surface area (Å²) in [5.74, 6) is -0.695. The lowest BCUT2D eigenvalue weighted by molar-refractivity contribution is -0.137. The second-order valence-corrected chi connectivity index (χ2v) is 5.59. The van der Waals surface area contributed by atoms with Crippen LogP contribution in [0.3, 0.4) is 0 Å². The standard InChI is InChI=1S/C12H22O3S/c1-4-6-10(7-5-8-11(13)14)16-12(15)9(2)3/h9-10H,4-8H2,1-3H3,(H,13,14). The molecule has 0 bridgehead atoms. The van der Waals surface area contributed by atoms with Gasteiger partial charge in [0.25, 0.3) is 0 Å². The number of carboxylic acid groups (broad SMARTS) is 1. The fraction of sp³-hybridized carbons (Fsp3) is 0.833. The van der Waals surface area contributed by atoms with Crippen molar-refractivity contribution in [2.24, 2.45) is 5.92 Å². The van der Waals surface area contributed by atoms with Crippen molar-refractivity contribution in [3.05, 3.63) is 0 Å². The SMILES string of the molecule is CCCC(CCCC(=O)O)SC(=O)C(C)C. The van der Waals surface area contributed by atoms with Crippen LogP contribution in [0.4, 0.5) is 0 Å². The van der Waals surface area contributed by atoms with E-state index >= 15 is 0 Å². The Labute approximate surface area is 102 Å². The minimum absolute atomic E-state index is 0.0591. The molecule has 0 amide bonds. The van der Waals surface area contributed by atoms with Crippen LogP contribution in [-0.2, 0) is 9.59 Å². The summed E-state index contributed by atoms with van der Waals surface area (Å²) in [5, 5.41) is 9.06. The maximum Gasteiger partial charge on any atom is 0.303 e. The van der Waals surface area contributed by atoms with E-state index in [0.29, 0.717) is 11.7 Å². The third-order valence-corrected chi connectivity index (χ3v) is 3.79. The van der Waals surface area contributed by atoms with Crippen LogP contribution in [0.1, 0.15) is 52.9 Å². The lowest BCUT2D eigenvalue weighted by atomic mass is 10.1. The molecule has 1 N–H and O–H groups in total. The average Bonchev–Trinajstić information content (AvgIpc) is 2.17. The number of carbonyl (C=O) groups excluding carboxylic acids is 1. The molecule has 0 aromatic rings. The molecule has 16 heavy (non-hydrogen) atoms. The number of hydrogen-bond acceptors (Lipinski definition) is 3. The molecule has 0 fully saturated rings. The molecule has 0 saturated carbocycles. The van der Waals surface area contributed by atoms with E-state index in [4.69, 9.17) is 5.11 Å². The molecule has 4 heteroatoms. The van der Waals surface area contributed by atoms with Crippen molar-refractivity contribution in [3.63, 3.8) is 0 Å². The zero-order valence-corrected chi connectivity index (χ0v) is 11.2. The molecule has 0 saturated heterocycles. The van der Waals surface area contributed by atoms with Crippen molar-refractivity contribution in [1.82, 2.24) is 0 Å². The maximum atomic E-state index is 11.6. The van der Waals surface area contributed by atoms with Gasteiger partial charge in [0, 0.05) is 17.6 Å². The second-order valence-electron chi connectivity index (χ2n) is 4.29. The summed E-state index contributed by atoms with van der Waals surface area (Å²) in [6.45, 7) is 5.88. The maximum absolute atomic E-state index is 11.6. The van der Waals surface area contributed by atoms with Crippen LogP contribution in [0.15, 0.2) is 0 Å². The Morgan fingerprint density at radius 1 is 1.25 bits per heavy atom. The van der Waals surface area contributed by atoms with Crippen molar-refractivity contribution in [2.45, 2.75) is 58.1 Å². The Kier molecular flexibility index (Phi) is 8.35. The van der Waals surface area contributed by atoms with Gasteiger partial charge in [0.2, 0.25) is 0 Å². The minimum Gasteiger partial charge on any atom is -0.481 e. The predicted octanol–water partition coefficient (Wildman–Crippen LogP) is 3.33. The van der Waals surface area contributed by atoms with Gasteiger partial charge in [0.05, 0.1) is 0 Å². The molecule has 0 spiro atoms. The van der Waals surface area contributed by atoms with Crippen LogP contribution in [0.2, 0.25) is 0 Å². The van der Waals surface area contributed by atoms with Gasteiger partial charge in [-0.3, -0.25) is 9.59 Å². The summed E-state index contributed by atoms with van der Waals surface area (Å²) in [6, 6.07) is 0. The fourth-order valence-corrected chi connectivity index (χ4v) is 2.60. The fourth-order valence-electron chi connectivity index (χ4n) is 1.37. The summed E-state index contributed by atoms with van der Waals surface area (Å²) in [5.41, 5.74) is 0. The third-order valence-electron chi connectivity index (χ3n) is 2.28. The first-order valence-corrected chi connectivity index (χ1v) is 6.77. The number of rotatable bonds is 8.